The zero-order chi connectivity index (χ0) is 9.26. The number of nitrogens with one attached hydrogen (secondary N) is 1. The highest BCUT2D eigenvalue weighted by Crippen LogP contribution is 2.29. The molecule has 0 saturated carbocycles. The molecule has 2 rings (SSSR count). The lowest BCUT2D eigenvalue weighted by Crippen LogP contribution is -2.45. The average molecular weight is 196 g/mol. The molecule has 0 spiro atoms. The molecule has 72 valence electrons. The van der Waals surface area contributed by atoms with Gasteiger partial charge in [0.15, 0.2) is 0 Å². The van der Waals surface area contributed by atoms with Crippen LogP contribution >= 0.6 is 11.3 Å². The van der Waals surface area contributed by atoms with Crippen LogP contribution in [0.25, 0.3) is 0 Å². The molecular weight excluding hydrogens is 180 g/mol. The molecule has 3 N–H and O–H groups in total. The van der Waals surface area contributed by atoms with Crippen LogP contribution in [-0.4, -0.2) is 12.6 Å². The average Bonchev–Trinajstić information content (AvgIpc) is 2.56. The highest BCUT2D eigenvalue weighted by molar-refractivity contribution is 7.07. The Labute approximate surface area is 83.1 Å². The fourth-order valence-electron chi connectivity index (χ4n) is 2.07. The van der Waals surface area contributed by atoms with Gasteiger partial charge in [0, 0.05) is 18.6 Å². The van der Waals surface area contributed by atoms with E-state index in [1.165, 1.54) is 5.56 Å². The summed E-state index contributed by atoms with van der Waals surface area (Å²) in [5.41, 5.74) is 7.30. The molecule has 0 aliphatic carbocycles. The van der Waals surface area contributed by atoms with Gasteiger partial charge in [-0.25, -0.2) is 0 Å². The molecule has 3 heteroatoms. The Morgan fingerprint density at radius 2 is 2.46 bits per heavy atom. The van der Waals surface area contributed by atoms with Gasteiger partial charge in [0.1, 0.15) is 0 Å². The van der Waals surface area contributed by atoms with Gasteiger partial charge < -0.3 is 11.1 Å². The van der Waals surface area contributed by atoms with Crippen LogP contribution in [0, 0.1) is 5.92 Å². The molecule has 3 unspecified atom stereocenters. The van der Waals surface area contributed by atoms with Gasteiger partial charge in [-0.15, -0.1) is 0 Å². The van der Waals surface area contributed by atoms with Crippen molar-refractivity contribution in [3.63, 3.8) is 0 Å². The first-order valence-corrected chi connectivity index (χ1v) is 5.72. The molecule has 0 bridgehead atoms. The third-order valence-electron chi connectivity index (χ3n) is 2.75. The van der Waals surface area contributed by atoms with Crippen molar-refractivity contribution in [2.45, 2.75) is 25.4 Å². The Hall–Kier alpha value is -0.380. The lowest BCUT2D eigenvalue weighted by atomic mass is 9.87. The van der Waals surface area contributed by atoms with E-state index >= 15 is 0 Å². The monoisotopic (exact) mass is 196 g/mol. The second kappa shape index (κ2) is 3.78. The summed E-state index contributed by atoms with van der Waals surface area (Å²) in [7, 11) is 0. The summed E-state index contributed by atoms with van der Waals surface area (Å²) >= 11 is 1.76. The van der Waals surface area contributed by atoms with Crippen LogP contribution < -0.4 is 11.1 Å². The van der Waals surface area contributed by atoms with E-state index in [9.17, 15) is 0 Å². The van der Waals surface area contributed by atoms with Gasteiger partial charge in [0.2, 0.25) is 0 Å². The van der Waals surface area contributed by atoms with Crippen molar-refractivity contribution < 1.29 is 0 Å². The maximum atomic E-state index is 5.88. The maximum absolute atomic E-state index is 5.88. The van der Waals surface area contributed by atoms with Crippen molar-refractivity contribution in [2.75, 3.05) is 6.54 Å². The van der Waals surface area contributed by atoms with Crippen LogP contribution in [0.4, 0.5) is 0 Å². The Bertz CT molecular complexity index is 258. The largest absolute Gasteiger partial charge is 0.327 e. The van der Waals surface area contributed by atoms with E-state index in [0.717, 1.165) is 13.0 Å². The standard InChI is InChI=1S/C10H16N2S/c1-7-4-9(11)5-12-10(7)8-2-3-13-6-8/h2-3,6-7,9-10,12H,4-5,11H2,1H3. The van der Waals surface area contributed by atoms with E-state index in [1.54, 1.807) is 11.3 Å². The quantitative estimate of drug-likeness (QED) is 0.718. The molecule has 1 aliphatic rings. The molecule has 0 radical (unpaired) electrons. The number of piperidine rings is 1. The summed E-state index contributed by atoms with van der Waals surface area (Å²) < 4.78 is 0. The van der Waals surface area contributed by atoms with Crippen LogP contribution in [0.3, 0.4) is 0 Å². The first-order chi connectivity index (χ1) is 6.27. The van der Waals surface area contributed by atoms with Crippen molar-refractivity contribution in [1.29, 1.82) is 0 Å². The predicted molar refractivity (Wildman–Crippen MR) is 56.8 cm³/mol. The molecule has 13 heavy (non-hydrogen) atoms. The predicted octanol–water partition coefficient (Wildman–Crippen LogP) is 1.75. The van der Waals surface area contributed by atoms with Gasteiger partial charge in [0.25, 0.3) is 0 Å². The lowest BCUT2D eigenvalue weighted by molar-refractivity contribution is 0.279. The Kier molecular flexibility index (Phi) is 2.67. The molecule has 0 amide bonds. The van der Waals surface area contributed by atoms with Crippen LogP contribution in [0.15, 0.2) is 16.8 Å². The van der Waals surface area contributed by atoms with Gasteiger partial charge in [0.05, 0.1) is 0 Å². The van der Waals surface area contributed by atoms with Gasteiger partial charge in [-0.1, -0.05) is 6.92 Å². The summed E-state index contributed by atoms with van der Waals surface area (Å²) in [6.45, 7) is 3.22. The molecule has 1 fully saturated rings. The molecule has 2 heterocycles. The van der Waals surface area contributed by atoms with Crippen LogP contribution in [0.1, 0.15) is 24.9 Å². The number of hydrogen-bond donors (Lipinski definition) is 2. The number of thiophene rings is 1. The molecule has 1 aromatic rings. The normalized spacial score (nSPS) is 34.8. The first-order valence-electron chi connectivity index (χ1n) is 4.78. The van der Waals surface area contributed by atoms with Gasteiger partial charge in [-0.2, -0.15) is 11.3 Å². The molecule has 3 atom stereocenters. The summed E-state index contributed by atoms with van der Waals surface area (Å²) in [6.07, 6.45) is 1.13. The molecule has 1 aliphatic heterocycles. The summed E-state index contributed by atoms with van der Waals surface area (Å²) in [5.74, 6) is 0.651. The fraction of sp³-hybridized carbons (Fsp3) is 0.600. The van der Waals surface area contributed by atoms with Gasteiger partial charge in [-0.3, -0.25) is 0 Å². The molecule has 1 aromatic heterocycles. The highest BCUT2D eigenvalue weighted by Gasteiger charge is 2.26. The Balaban J connectivity index is 2.08. The van der Waals surface area contributed by atoms with E-state index in [-0.39, 0.29) is 0 Å². The van der Waals surface area contributed by atoms with Crippen molar-refractivity contribution >= 4 is 11.3 Å². The molecule has 0 aromatic carbocycles. The number of nitrogens with two attached hydrogens (primary N) is 1. The van der Waals surface area contributed by atoms with E-state index in [1.807, 2.05) is 0 Å². The van der Waals surface area contributed by atoms with Crippen LogP contribution in [-0.2, 0) is 0 Å². The second-order valence-electron chi connectivity index (χ2n) is 3.92. The minimum atomic E-state index is 0.338. The Morgan fingerprint density at radius 3 is 3.08 bits per heavy atom. The van der Waals surface area contributed by atoms with Crippen molar-refractivity contribution in [2.24, 2.45) is 11.7 Å². The second-order valence-corrected chi connectivity index (χ2v) is 4.70. The smallest absolute Gasteiger partial charge is 0.0355 e. The van der Waals surface area contributed by atoms with E-state index < -0.39 is 0 Å². The zero-order valence-corrected chi connectivity index (χ0v) is 8.68. The molecule has 2 nitrogen and oxygen atoms in total. The maximum Gasteiger partial charge on any atom is 0.0355 e. The molecular formula is C10H16N2S. The summed E-state index contributed by atoms with van der Waals surface area (Å²) in [5, 5.41) is 7.87. The van der Waals surface area contributed by atoms with E-state index in [0.29, 0.717) is 18.0 Å². The minimum Gasteiger partial charge on any atom is -0.327 e. The van der Waals surface area contributed by atoms with Gasteiger partial charge >= 0.3 is 0 Å². The van der Waals surface area contributed by atoms with E-state index in [2.05, 4.69) is 29.1 Å². The lowest BCUT2D eigenvalue weighted by Gasteiger charge is -2.33. The fourth-order valence-corrected chi connectivity index (χ4v) is 2.77. The summed E-state index contributed by atoms with van der Waals surface area (Å²) in [4.78, 5) is 0. The van der Waals surface area contributed by atoms with Crippen LogP contribution in [0.2, 0.25) is 0 Å². The third kappa shape index (κ3) is 1.93. The van der Waals surface area contributed by atoms with Crippen LogP contribution in [0.5, 0.6) is 0 Å². The highest BCUT2D eigenvalue weighted by atomic mass is 32.1. The van der Waals surface area contributed by atoms with Crippen molar-refractivity contribution in [3.8, 4) is 0 Å². The first kappa shape index (κ1) is 9.19. The van der Waals surface area contributed by atoms with E-state index in [4.69, 9.17) is 5.73 Å². The Morgan fingerprint density at radius 1 is 1.62 bits per heavy atom. The minimum absolute atomic E-state index is 0.338. The number of hydrogen-bond acceptors (Lipinski definition) is 3. The number of rotatable bonds is 1. The summed E-state index contributed by atoms with van der Waals surface area (Å²) in [6, 6.07) is 3.06. The van der Waals surface area contributed by atoms with Gasteiger partial charge in [-0.05, 0) is 34.7 Å². The topological polar surface area (TPSA) is 38.0 Å². The molecule has 1 saturated heterocycles. The zero-order valence-electron chi connectivity index (χ0n) is 7.86. The SMILES string of the molecule is CC1CC(N)CNC1c1ccsc1. The van der Waals surface area contributed by atoms with Crippen molar-refractivity contribution in [1.82, 2.24) is 5.32 Å². The third-order valence-corrected chi connectivity index (χ3v) is 3.45. The van der Waals surface area contributed by atoms with Crippen molar-refractivity contribution in [3.05, 3.63) is 22.4 Å².